The molecule has 1 aliphatic heterocycles. The number of hydrogen-bond acceptors (Lipinski definition) is 8. The molecule has 248 valence electrons. The highest BCUT2D eigenvalue weighted by molar-refractivity contribution is 5.94. The number of Topliss-reactive ketones (excluding diaryl/α,β-unsaturated/α-hetero) is 1. The lowest BCUT2D eigenvalue weighted by Crippen LogP contribution is -2.48. The van der Waals surface area contributed by atoms with Gasteiger partial charge in [-0.05, 0) is 106 Å². The molecule has 5 rings (SSSR count). The second-order valence-electron chi connectivity index (χ2n) is 13.4. The third kappa shape index (κ3) is 7.77. The lowest BCUT2D eigenvalue weighted by atomic mass is 9.74. The van der Waals surface area contributed by atoms with Crippen molar-refractivity contribution < 1.29 is 37.4 Å². The monoisotopic (exact) mass is 628 g/mol. The molecule has 2 heterocycles. The Balaban J connectivity index is 1.31. The van der Waals surface area contributed by atoms with Crippen LogP contribution in [0.3, 0.4) is 0 Å². The molecule has 1 aromatic carbocycles. The SMILES string of the molecule is COC1CCC([C@H]2CCN(C(=O)C3CCC([C@H](N)CF)CC3)[C@H]2C(=O)Cc2ccc3oc(C(=O)OC[C@@H](C)OC)cc3c2)CC1. The number of nitrogens with two attached hydrogens (primary N) is 1. The molecule has 1 aromatic heterocycles. The van der Waals surface area contributed by atoms with Gasteiger partial charge in [-0.3, -0.25) is 9.59 Å². The van der Waals surface area contributed by atoms with Crippen LogP contribution in [-0.2, 0) is 30.2 Å². The maximum Gasteiger partial charge on any atom is 0.374 e. The standard InChI is InChI=1S/C35H49FN2O7/c1-21(42-2)20-44-35(41)32-18-26-16-22(4-13-31(26)45-32)17-30(39)33-28(23-9-11-27(43-3)12-10-23)14-15-38(33)34(40)25-7-5-24(6-8-25)29(37)19-36/h4,13,16,18,21,23-25,27-29,33H,5-12,14-15,17,19-20,37H2,1-3H3/t21-,23?,24?,25?,27?,28-,29-,33-/m1/s1. The Labute approximate surface area is 265 Å². The quantitative estimate of drug-likeness (QED) is 0.316. The molecule has 0 spiro atoms. The van der Waals surface area contributed by atoms with Gasteiger partial charge in [-0.15, -0.1) is 0 Å². The van der Waals surface area contributed by atoms with Crippen LogP contribution in [0.1, 0.15) is 80.8 Å². The van der Waals surface area contributed by atoms with Gasteiger partial charge in [0.25, 0.3) is 0 Å². The van der Waals surface area contributed by atoms with Gasteiger partial charge in [-0.1, -0.05) is 6.07 Å². The Kier molecular flexibility index (Phi) is 11.3. The van der Waals surface area contributed by atoms with Crippen molar-refractivity contribution in [3.8, 4) is 0 Å². The molecule has 1 amide bonds. The van der Waals surface area contributed by atoms with Crippen LogP contribution in [0.2, 0.25) is 0 Å². The molecular formula is C35H49FN2O7. The summed E-state index contributed by atoms with van der Waals surface area (Å²) in [7, 11) is 3.31. The van der Waals surface area contributed by atoms with E-state index in [9.17, 15) is 18.8 Å². The summed E-state index contributed by atoms with van der Waals surface area (Å²) in [6.07, 6.45) is 7.80. The Hall–Kier alpha value is -2.82. The average Bonchev–Trinajstić information content (AvgIpc) is 3.71. The van der Waals surface area contributed by atoms with Crippen LogP contribution in [0.5, 0.6) is 0 Å². The fraction of sp³-hybridized carbons (Fsp3) is 0.686. The Morgan fingerprint density at radius 1 is 1.02 bits per heavy atom. The molecule has 0 bridgehead atoms. The Morgan fingerprint density at radius 2 is 1.76 bits per heavy atom. The predicted molar refractivity (Wildman–Crippen MR) is 167 cm³/mol. The number of esters is 1. The first-order valence-electron chi connectivity index (χ1n) is 16.6. The average molecular weight is 629 g/mol. The van der Waals surface area contributed by atoms with E-state index < -0.39 is 24.7 Å². The van der Waals surface area contributed by atoms with Crippen molar-refractivity contribution in [3.05, 3.63) is 35.6 Å². The van der Waals surface area contributed by atoms with Crippen LogP contribution in [0.15, 0.2) is 28.7 Å². The Bertz CT molecular complexity index is 1310. The van der Waals surface area contributed by atoms with Crippen molar-refractivity contribution in [1.82, 2.24) is 4.90 Å². The van der Waals surface area contributed by atoms with Crippen LogP contribution in [-0.4, -0.2) is 80.9 Å². The zero-order chi connectivity index (χ0) is 32.1. The number of nitrogens with zero attached hydrogens (tertiary/aromatic N) is 1. The molecule has 1 saturated heterocycles. The molecule has 4 atom stereocenters. The zero-order valence-electron chi connectivity index (χ0n) is 26.9. The predicted octanol–water partition coefficient (Wildman–Crippen LogP) is 5.26. The summed E-state index contributed by atoms with van der Waals surface area (Å²) in [6, 6.07) is 6.19. The first-order chi connectivity index (χ1) is 21.7. The molecule has 0 radical (unpaired) electrons. The number of likely N-dealkylation sites (tertiary alicyclic amines) is 1. The summed E-state index contributed by atoms with van der Waals surface area (Å²) in [6.45, 7) is 1.97. The van der Waals surface area contributed by atoms with Gasteiger partial charge < -0.3 is 29.3 Å². The third-order valence-electron chi connectivity index (χ3n) is 10.6. The Morgan fingerprint density at radius 3 is 2.42 bits per heavy atom. The van der Waals surface area contributed by atoms with E-state index in [1.54, 1.807) is 33.3 Å². The number of ketones is 1. The number of carbonyl (C=O) groups excluding carboxylic acids is 3. The van der Waals surface area contributed by atoms with Gasteiger partial charge in [0.15, 0.2) is 5.78 Å². The maximum absolute atomic E-state index is 14.2. The second kappa shape index (κ2) is 15.2. The fourth-order valence-corrected chi connectivity index (χ4v) is 7.82. The minimum absolute atomic E-state index is 0.0453. The number of fused-ring (bicyclic) bond motifs is 1. The number of benzene rings is 1. The van der Waals surface area contributed by atoms with E-state index in [4.69, 9.17) is 24.4 Å². The first-order valence-corrected chi connectivity index (χ1v) is 16.6. The van der Waals surface area contributed by atoms with Crippen LogP contribution < -0.4 is 5.73 Å². The van der Waals surface area contributed by atoms with Crippen molar-refractivity contribution in [1.29, 1.82) is 0 Å². The highest BCUT2D eigenvalue weighted by Gasteiger charge is 2.47. The number of methoxy groups -OCH3 is 2. The molecule has 9 nitrogen and oxygen atoms in total. The summed E-state index contributed by atoms with van der Waals surface area (Å²) in [5.41, 5.74) is 7.31. The maximum atomic E-state index is 14.2. The molecule has 3 aliphatic rings. The molecule has 45 heavy (non-hydrogen) atoms. The van der Waals surface area contributed by atoms with E-state index in [1.165, 1.54) is 0 Å². The van der Waals surface area contributed by atoms with E-state index in [0.29, 0.717) is 36.3 Å². The van der Waals surface area contributed by atoms with E-state index in [2.05, 4.69) is 0 Å². The van der Waals surface area contributed by atoms with Gasteiger partial charge in [-0.2, -0.15) is 0 Å². The number of alkyl halides is 1. The molecule has 3 fully saturated rings. The molecule has 2 saturated carbocycles. The number of furan rings is 1. The third-order valence-corrected chi connectivity index (χ3v) is 10.6. The molecule has 2 aliphatic carbocycles. The highest BCUT2D eigenvalue weighted by atomic mass is 19.1. The van der Waals surface area contributed by atoms with E-state index >= 15 is 0 Å². The molecule has 2 N–H and O–H groups in total. The van der Waals surface area contributed by atoms with E-state index in [-0.39, 0.29) is 60.4 Å². The minimum atomic E-state index is -0.570. The van der Waals surface area contributed by atoms with Gasteiger partial charge in [0.2, 0.25) is 11.7 Å². The van der Waals surface area contributed by atoms with Gasteiger partial charge in [-0.25, -0.2) is 9.18 Å². The summed E-state index contributed by atoms with van der Waals surface area (Å²) in [5, 5.41) is 0.712. The number of hydrogen-bond donors (Lipinski definition) is 1. The minimum Gasteiger partial charge on any atom is -0.457 e. The van der Waals surface area contributed by atoms with Gasteiger partial charge in [0.1, 0.15) is 18.9 Å². The number of rotatable bonds is 12. The van der Waals surface area contributed by atoms with Crippen molar-refractivity contribution in [2.75, 3.05) is 34.0 Å². The topological polar surface area (TPSA) is 121 Å². The largest absolute Gasteiger partial charge is 0.457 e. The van der Waals surface area contributed by atoms with E-state index in [0.717, 1.165) is 50.5 Å². The number of amides is 1. The summed E-state index contributed by atoms with van der Waals surface area (Å²) in [4.78, 5) is 42.6. The summed E-state index contributed by atoms with van der Waals surface area (Å²) >= 11 is 0. The van der Waals surface area contributed by atoms with Crippen molar-refractivity contribution in [3.63, 3.8) is 0 Å². The summed E-state index contributed by atoms with van der Waals surface area (Å²) < 4.78 is 34.9. The molecule has 0 unspecified atom stereocenters. The highest BCUT2D eigenvalue weighted by Crippen LogP contribution is 2.42. The van der Waals surface area contributed by atoms with Crippen LogP contribution in [0.4, 0.5) is 4.39 Å². The first kappa shape index (κ1) is 33.5. The van der Waals surface area contributed by atoms with Crippen molar-refractivity contribution >= 4 is 28.6 Å². The second-order valence-corrected chi connectivity index (χ2v) is 13.4. The molecule has 10 heteroatoms. The van der Waals surface area contributed by atoms with E-state index in [1.807, 2.05) is 17.0 Å². The van der Waals surface area contributed by atoms with Crippen molar-refractivity contribution in [2.24, 2.45) is 29.4 Å². The fourth-order valence-electron chi connectivity index (χ4n) is 7.82. The number of halogens is 1. The van der Waals surface area contributed by atoms with Crippen LogP contribution >= 0.6 is 0 Å². The summed E-state index contributed by atoms with van der Waals surface area (Å²) in [5.74, 6) is 0.0644. The van der Waals surface area contributed by atoms with Crippen molar-refractivity contribution in [2.45, 2.75) is 95.4 Å². The van der Waals surface area contributed by atoms with Gasteiger partial charge in [0, 0.05) is 44.5 Å². The molecular weight excluding hydrogens is 579 g/mol. The van der Waals surface area contributed by atoms with Gasteiger partial charge in [0.05, 0.1) is 18.2 Å². The van der Waals surface area contributed by atoms with Crippen LogP contribution in [0.25, 0.3) is 11.0 Å². The zero-order valence-corrected chi connectivity index (χ0v) is 26.9. The molecule has 2 aromatic rings. The number of ether oxygens (including phenoxy) is 3. The van der Waals surface area contributed by atoms with Crippen LogP contribution in [0, 0.1) is 23.7 Å². The van der Waals surface area contributed by atoms with Gasteiger partial charge >= 0.3 is 5.97 Å². The normalized spacial score (nSPS) is 28.6. The number of carbonyl (C=O) groups is 3. The smallest absolute Gasteiger partial charge is 0.374 e. The lowest BCUT2D eigenvalue weighted by molar-refractivity contribution is -0.143. The lowest BCUT2D eigenvalue weighted by Gasteiger charge is -2.37.